The van der Waals surface area contributed by atoms with Crippen LogP contribution < -0.4 is 19.5 Å². The van der Waals surface area contributed by atoms with Crippen molar-refractivity contribution in [3.8, 4) is 28.7 Å². The van der Waals surface area contributed by atoms with Crippen molar-refractivity contribution >= 4 is 11.9 Å². The lowest BCUT2D eigenvalue weighted by molar-refractivity contribution is 0.102. The van der Waals surface area contributed by atoms with Crippen molar-refractivity contribution in [2.45, 2.75) is 27.7 Å². The van der Waals surface area contributed by atoms with Crippen molar-refractivity contribution in [1.29, 1.82) is 0 Å². The molecule has 30 heavy (non-hydrogen) atoms. The van der Waals surface area contributed by atoms with Crippen molar-refractivity contribution in [1.82, 2.24) is 10.2 Å². The molecule has 0 saturated carbocycles. The topological polar surface area (TPSA) is 95.7 Å². The molecule has 0 saturated heterocycles. The zero-order valence-corrected chi connectivity index (χ0v) is 17.5. The van der Waals surface area contributed by atoms with Crippen LogP contribution in [0.15, 0.2) is 40.8 Å². The van der Waals surface area contributed by atoms with E-state index >= 15 is 0 Å². The number of rotatable bonds is 9. The number of carbonyl (C=O) groups is 1. The van der Waals surface area contributed by atoms with Crippen LogP contribution in [0.2, 0.25) is 0 Å². The molecule has 8 nitrogen and oxygen atoms in total. The lowest BCUT2D eigenvalue weighted by atomic mass is 10.1. The predicted molar refractivity (Wildman–Crippen MR) is 112 cm³/mol. The van der Waals surface area contributed by atoms with Gasteiger partial charge in [-0.2, -0.15) is 0 Å². The van der Waals surface area contributed by atoms with E-state index < -0.39 is 0 Å². The highest BCUT2D eigenvalue weighted by Gasteiger charge is 2.19. The molecule has 3 rings (SSSR count). The van der Waals surface area contributed by atoms with Gasteiger partial charge in [0.15, 0.2) is 11.5 Å². The highest BCUT2D eigenvalue weighted by Crippen LogP contribution is 2.41. The van der Waals surface area contributed by atoms with Crippen molar-refractivity contribution in [3.05, 3.63) is 47.5 Å². The van der Waals surface area contributed by atoms with Gasteiger partial charge in [0.25, 0.3) is 5.91 Å². The number of ether oxygens (including phenoxy) is 3. The maximum atomic E-state index is 12.4. The van der Waals surface area contributed by atoms with Gasteiger partial charge in [-0.3, -0.25) is 10.1 Å². The Bertz CT molecular complexity index is 989. The number of nitrogens with zero attached hydrogens (tertiary/aromatic N) is 2. The van der Waals surface area contributed by atoms with Crippen LogP contribution in [-0.2, 0) is 0 Å². The quantitative estimate of drug-likeness (QED) is 0.554. The summed E-state index contributed by atoms with van der Waals surface area (Å²) in [5, 5.41) is 10.6. The van der Waals surface area contributed by atoms with Crippen LogP contribution in [0.1, 0.15) is 36.7 Å². The molecule has 0 spiro atoms. The lowest BCUT2D eigenvalue weighted by Gasteiger charge is -2.16. The summed E-state index contributed by atoms with van der Waals surface area (Å²) in [5.74, 6) is 1.45. The number of anilines is 1. The van der Waals surface area contributed by atoms with Gasteiger partial charge in [-0.25, -0.2) is 0 Å². The van der Waals surface area contributed by atoms with Crippen LogP contribution in [0, 0.1) is 6.92 Å². The first-order valence-electron chi connectivity index (χ1n) is 9.84. The fraction of sp³-hybridized carbons (Fsp3) is 0.318. The molecule has 1 heterocycles. The summed E-state index contributed by atoms with van der Waals surface area (Å²) in [5.41, 5.74) is 2.08. The van der Waals surface area contributed by atoms with Crippen molar-refractivity contribution < 1.29 is 23.4 Å². The molecule has 1 N–H and O–H groups in total. The van der Waals surface area contributed by atoms with Gasteiger partial charge in [0.2, 0.25) is 11.6 Å². The molecule has 0 atom stereocenters. The predicted octanol–water partition coefficient (Wildman–Crippen LogP) is 4.49. The average Bonchev–Trinajstić information content (AvgIpc) is 3.19. The summed E-state index contributed by atoms with van der Waals surface area (Å²) < 4.78 is 22.8. The Labute approximate surface area is 175 Å². The van der Waals surface area contributed by atoms with Crippen LogP contribution in [0.25, 0.3) is 11.5 Å². The van der Waals surface area contributed by atoms with Crippen LogP contribution in [-0.4, -0.2) is 35.9 Å². The molecule has 8 heteroatoms. The van der Waals surface area contributed by atoms with E-state index in [0.29, 0.717) is 48.2 Å². The summed E-state index contributed by atoms with van der Waals surface area (Å²) in [6.45, 7) is 8.95. The van der Waals surface area contributed by atoms with E-state index in [1.807, 2.05) is 39.8 Å². The largest absolute Gasteiger partial charge is 0.490 e. The normalized spacial score (nSPS) is 10.5. The van der Waals surface area contributed by atoms with E-state index in [-0.39, 0.29) is 17.8 Å². The first kappa shape index (κ1) is 21.2. The highest BCUT2D eigenvalue weighted by atomic mass is 16.5. The Morgan fingerprint density at radius 2 is 1.63 bits per heavy atom. The number of hydrogen-bond acceptors (Lipinski definition) is 7. The van der Waals surface area contributed by atoms with Gasteiger partial charge >= 0.3 is 6.01 Å². The van der Waals surface area contributed by atoms with Gasteiger partial charge in [-0.05, 0) is 52.0 Å². The molecule has 0 bridgehead atoms. The Balaban J connectivity index is 1.89. The van der Waals surface area contributed by atoms with Crippen LogP contribution >= 0.6 is 0 Å². The minimum absolute atomic E-state index is 0.00121. The number of carbonyl (C=O) groups excluding carboxylic acids is 1. The maximum Gasteiger partial charge on any atom is 0.322 e. The first-order valence-corrected chi connectivity index (χ1v) is 9.84. The van der Waals surface area contributed by atoms with Gasteiger partial charge in [-0.1, -0.05) is 22.8 Å². The second-order valence-corrected chi connectivity index (χ2v) is 6.34. The third kappa shape index (κ3) is 4.89. The zero-order valence-electron chi connectivity index (χ0n) is 17.5. The summed E-state index contributed by atoms with van der Waals surface area (Å²) in [6, 6.07) is 10.7. The monoisotopic (exact) mass is 411 g/mol. The number of benzene rings is 2. The van der Waals surface area contributed by atoms with Crippen LogP contribution in [0.5, 0.6) is 17.2 Å². The summed E-state index contributed by atoms with van der Waals surface area (Å²) in [7, 11) is 0. The molecule has 158 valence electrons. The number of hydrogen-bond donors (Lipinski definition) is 1. The third-order valence-electron chi connectivity index (χ3n) is 4.08. The minimum atomic E-state index is -0.328. The van der Waals surface area contributed by atoms with Gasteiger partial charge in [0.1, 0.15) is 0 Å². The zero-order chi connectivity index (χ0) is 21.5. The van der Waals surface area contributed by atoms with Gasteiger partial charge in [0, 0.05) is 11.1 Å². The molecule has 1 amide bonds. The van der Waals surface area contributed by atoms with Crippen LogP contribution in [0.4, 0.5) is 6.01 Å². The molecular formula is C22H25N3O5. The van der Waals surface area contributed by atoms with E-state index in [1.165, 1.54) is 0 Å². The molecule has 0 unspecified atom stereocenters. The second-order valence-electron chi connectivity index (χ2n) is 6.34. The number of amides is 1. The van der Waals surface area contributed by atoms with E-state index in [1.54, 1.807) is 24.3 Å². The number of aryl methyl sites for hydroxylation is 1. The van der Waals surface area contributed by atoms with E-state index in [9.17, 15) is 4.79 Å². The standard InChI is InChI=1S/C22H25N3O5/c1-5-27-17-12-16(13-18(28-6-2)19(17)29-7-3)21-24-25-22(30-21)23-20(26)15-10-8-9-14(4)11-15/h8-13H,5-7H2,1-4H3,(H,23,25,26). The summed E-state index contributed by atoms with van der Waals surface area (Å²) in [4.78, 5) is 12.4. The van der Waals surface area contributed by atoms with E-state index in [0.717, 1.165) is 5.56 Å². The van der Waals surface area contributed by atoms with Gasteiger partial charge < -0.3 is 18.6 Å². The Morgan fingerprint density at radius 1 is 0.967 bits per heavy atom. The maximum absolute atomic E-state index is 12.4. The molecule has 0 fully saturated rings. The fourth-order valence-corrected chi connectivity index (χ4v) is 2.86. The molecule has 0 aliphatic carbocycles. The summed E-state index contributed by atoms with van der Waals surface area (Å²) in [6.07, 6.45) is 0. The number of nitrogens with one attached hydrogen (secondary N) is 1. The molecule has 2 aromatic carbocycles. The smallest absolute Gasteiger partial charge is 0.322 e. The first-order chi connectivity index (χ1) is 14.5. The van der Waals surface area contributed by atoms with Crippen molar-refractivity contribution in [2.75, 3.05) is 25.1 Å². The summed E-state index contributed by atoms with van der Waals surface area (Å²) >= 11 is 0. The Morgan fingerprint density at radius 3 is 2.23 bits per heavy atom. The molecule has 0 aliphatic rings. The molecule has 1 aromatic heterocycles. The highest BCUT2D eigenvalue weighted by molar-refractivity contribution is 6.03. The van der Waals surface area contributed by atoms with Crippen LogP contribution in [0.3, 0.4) is 0 Å². The Hall–Kier alpha value is -3.55. The molecule has 0 aliphatic heterocycles. The van der Waals surface area contributed by atoms with Crippen molar-refractivity contribution in [3.63, 3.8) is 0 Å². The molecule has 0 radical (unpaired) electrons. The van der Waals surface area contributed by atoms with Gasteiger partial charge in [0.05, 0.1) is 19.8 Å². The fourth-order valence-electron chi connectivity index (χ4n) is 2.86. The molecular weight excluding hydrogens is 386 g/mol. The average molecular weight is 411 g/mol. The Kier molecular flexibility index (Phi) is 6.90. The van der Waals surface area contributed by atoms with E-state index in [4.69, 9.17) is 18.6 Å². The third-order valence-corrected chi connectivity index (χ3v) is 4.08. The van der Waals surface area contributed by atoms with E-state index in [2.05, 4.69) is 15.5 Å². The molecule has 3 aromatic rings. The SMILES string of the molecule is CCOc1cc(-c2nnc(NC(=O)c3cccc(C)c3)o2)cc(OCC)c1OCC. The van der Waals surface area contributed by atoms with Crippen molar-refractivity contribution in [2.24, 2.45) is 0 Å². The minimum Gasteiger partial charge on any atom is -0.490 e. The second kappa shape index (κ2) is 9.78. The number of aromatic nitrogens is 2. The van der Waals surface area contributed by atoms with Gasteiger partial charge in [-0.15, -0.1) is 5.10 Å². The lowest BCUT2D eigenvalue weighted by Crippen LogP contribution is -2.12.